The summed E-state index contributed by atoms with van der Waals surface area (Å²) in [5.41, 5.74) is 5.23. The van der Waals surface area contributed by atoms with Crippen LogP contribution in [0.4, 0.5) is 17.2 Å². The van der Waals surface area contributed by atoms with Crippen molar-refractivity contribution >= 4 is 71.8 Å². The Labute approximate surface area is 211 Å². The Hall–Kier alpha value is -5.16. The van der Waals surface area contributed by atoms with Gasteiger partial charge < -0.3 is 8.83 Å². The summed E-state index contributed by atoms with van der Waals surface area (Å²) in [5, 5.41) is 6.43. The lowest BCUT2D eigenvalue weighted by atomic mass is 10.1. The van der Waals surface area contributed by atoms with Crippen LogP contribution in [0, 0.1) is 0 Å². The van der Waals surface area contributed by atoms with Gasteiger partial charge in [-0.2, -0.15) is 0 Å². The molecule has 0 atom stereocenters. The third-order valence-electron chi connectivity index (χ3n) is 6.99. The highest BCUT2D eigenvalue weighted by atomic mass is 16.3. The Morgan fingerprint density at radius 2 is 1.32 bits per heavy atom. The van der Waals surface area contributed by atoms with Gasteiger partial charge in [-0.05, 0) is 59.3 Å². The highest BCUT2D eigenvalue weighted by molar-refractivity contribution is 6.13. The van der Waals surface area contributed by atoms with E-state index in [0.29, 0.717) is 0 Å². The van der Waals surface area contributed by atoms with Crippen molar-refractivity contribution in [1.82, 2.24) is 9.97 Å². The molecule has 0 aliphatic rings. The molecule has 0 fully saturated rings. The number of anilines is 3. The lowest BCUT2D eigenvalue weighted by Gasteiger charge is -2.25. The zero-order valence-electron chi connectivity index (χ0n) is 19.6. The number of hydrogen-bond donors (Lipinski definition) is 0. The van der Waals surface area contributed by atoms with Crippen LogP contribution >= 0.6 is 0 Å². The maximum atomic E-state index is 6.21. The minimum absolute atomic E-state index is 0.771. The number of aromatic nitrogens is 2. The van der Waals surface area contributed by atoms with Crippen LogP contribution in [0.3, 0.4) is 0 Å². The number of nitrogens with zero attached hydrogens (tertiary/aromatic N) is 3. The highest BCUT2D eigenvalue weighted by Crippen LogP contribution is 2.43. The molecule has 0 saturated heterocycles. The molecule has 174 valence electrons. The van der Waals surface area contributed by atoms with Crippen LogP contribution in [0.25, 0.3) is 54.6 Å². The Kier molecular flexibility index (Phi) is 4.16. The summed E-state index contributed by atoms with van der Waals surface area (Å²) < 4.78 is 12.3. The second kappa shape index (κ2) is 7.67. The van der Waals surface area contributed by atoms with Gasteiger partial charge in [-0.3, -0.25) is 9.88 Å². The fourth-order valence-corrected chi connectivity index (χ4v) is 5.29. The average Bonchev–Trinajstić information content (AvgIpc) is 3.52. The van der Waals surface area contributed by atoms with Gasteiger partial charge in [-0.1, -0.05) is 48.5 Å². The van der Waals surface area contributed by atoms with E-state index in [1.807, 2.05) is 42.6 Å². The standard InChI is InChI=1S/C32H19N3O2/c1-2-6-21-17-22(10-9-20(21)5-1)35(23-11-12-28-26(18-23)24-13-15-33-19-30(24)37-28)32-31-25-7-3-4-8-27(25)36-29(31)14-16-34-32/h1-19H. The minimum atomic E-state index is 0.771. The minimum Gasteiger partial charge on any atom is -0.456 e. The first-order valence-electron chi connectivity index (χ1n) is 12.1. The van der Waals surface area contributed by atoms with Gasteiger partial charge in [0.1, 0.15) is 22.6 Å². The molecule has 0 saturated carbocycles. The van der Waals surface area contributed by atoms with E-state index >= 15 is 0 Å². The van der Waals surface area contributed by atoms with E-state index in [2.05, 4.69) is 70.5 Å². The largest absolute Gasteiger partial charge is 0.456 e. The van der Waals surface area contributed by atoms with Crippen molar-refractivity contribution in [3.05, 3.63) is 116 Å². The number of para-hydroxylation sites is 1. The summed E-state index contributed by atoms with van der Waals surface area (Å²) >= 11 is 0. The highest BCUT2D eigenvalue weighted by Gasteiger charge is 2.22. The van der Waals surface area contributed by atoms with E-state index in [1.54, 1.807) is 12.4 Å². The molecule has 8 rings (SSSR count). The maximum Gasteiger partial charge on any atom is 0.153 e. The fourth-order valence-electron chi connectivity index (χ4n) is 5.29. The van der Waals surface area contributed by atoms with Crippen molar-refractivity contribution in [2.45, 2.75) is 0 Å². The monoisotopic (exact) mass is 477 g/mol. The first-order chi connectivity index (χ1) is 18.3. The van der Waals surface area contributed by atoms with Crippen LogP contribution in [-0.4, -0.2) is 9.97 Å². The van der Waals surface area contributed by atoms with Crippen LogP contribution in [0.1, 0.15) is 0 Å². The molecular formula is C32H19N3O2. The van der Waals surface area contributed by atoms with Gasteiger partial charge in [0, 0.05) is 39.9 Å². The Bertz CT molecular complexity index is 2120. The molecule has 0 radical (unpaired) electrons. The third-order valence-corrected chi connectivity index (χ3v) is 6.99. The summed E-state index contributed by atoms with van der Waals surface area (Å²) in [6, 6.07) is 33.2. The first kappa shape index (κ1) is 20.1. The molecule has 0 unspecified atom stereocenters. The summed E-state index contributed by atoms with van der Waals surface area (Å²) in [4.78, 5) is 11.4. The predicted octanol–water partition coefficient (Wildman–Crippen LogP) is 8.90. The topological polar surface area (TPSA) is 55.3 Å². The normalized spacial score (nSPS) is 11.8. The van der Waals surface area contributed by atoms with Gasteiger partial charge in [0.05, 0.1) is 11.6 Å². The second-order valence-electron chi connectivity index (χ2n) is 9.13. The SMILES string of the molecule is c1ccc2cc(N(c3ccc4oc5cnccc5c4c3)c3nccc4oc5ccccc5c34)ccc2c1. The molecule has 0 spiro atoms. The molecule has 37 heavy (non-hydrogen) atoms. The van der Waals surface area contributed by atoms with E-state index in [4.69, 9.17) is 13.8 Å². The summed E-state index contributed by atoms with van der Waals surface area (Å²) in [6.07, 6.45) is 5.37. The summed E-state index contributed by atoms with van der Waals surface area (Å²) in [5.74, 6) is 0.812. The van der Waals surface area contributed by atoms with Crippen molar-refractivity contribution in [3.63, 3.8) is 0 Å². The maximum absolute atomic E-state index is 6.21. The number of fused-ring (bicyclic) bond motifs is 7. The number of rotatable bonds is 3. The number of hydrogen-bond acceptors (Lipinski definition) is 5. The Morgan fingerprint density at radius 1 is 0.541 bits per heavy atom. The van der Waals surface area contributed by atoms with E-state index < -0.39 is 0 Å². The van der Waals surface area contributed by atoms with Crippen molar-refractivity contribution < 1.29 is 8.83 Å². The van der Waals surface area contributed by atoms with E-state index in [9.17, 15) is 0 Å². The zero-order valence-corrected chi connectivity index (χ0v) is 19.6. The molecule has 5 heteroatoms. The molecule has 0 bridgehead atoms. The quantitative estimate of drug-likeness (QED) is 0.254. The smallest absolute Gasteiger partial charge is 0.153 e. The second-order valence-corrected chi connectivity index (χ2v) is 9.13. The number of benzene rings is 4. The molecule has 0 aliphatic heterocycles. The molecule has 5 nitrogen and oxygen atoms in total. The molecule has 8 aromatic rings. The Morgan fingerprint density at radius 3 is 2.30 bits per heavy atom. The number of pyridine rings is 2. The molecule has 4 aromatic carbocycles. The predicted molar refractivity (Wildman–Crippen MR) is 149 cm³/mol. The molecule has 4 heterocycles. The Balaban J connectivity index is 1.45. The van der Waals surface area contributed by atoms with E-state index in [1.165, 1.54) is 5.39 Å². The van der Waals surface area contributed by atoms with Crippen molar-refractivity contribution in [1.29, 1.82) is 0 Å². The molecular weight excluding hydrogens is 458 g/mol. The van der Waals surface area contributed by atoms with Crippen molar-refractivity contribution in [2.75, 3.05) is 4.90 Å². The van der Waals surface area contributed by atoms with Gasteiger partial charge in [-0.25, -0.2) is 4.98 Å². The lowest BCUT2D eigenvalue weighted by molar-refractivity contribution is 0.666. The third kappa shape index (κ3) is 3.04. The number of furan rings is 2. The van der Waals surface area contributed by atoms with Crippen LogP contribution in [-0.2, 0) is 0 Å². The van der Waals surface area contributed by atoms with Crippen LogP contribution in [0.2, 0.25) is 0 Å². The molecule has 0 N–H and O–H groups in total. The summed E-state index contributed by atoms with van der Waals surface area (Å²) in [6.45, 7) is 0. The average molecular weight is 478 g/mol. The van der Waals surface area contributed by atoms with Gasteiger partial charge in [0.25, 0.3) is 0 Å². The zero-order chi connectivity index (χ0) is 24.3. The van der Waals surface area contributed by atoms with Gasteiger partial charge in [-0.15, -0.1) is 0 Å². The first-order valence-corrected chi connectivity index (χ1v) is 12.1. The van der Waals surface area contributed by atoms with Crippen molar-refractivity contribution in [2.24, 2.45) is 0 Å². The molecule has 0 aliphatic carbocycles. The molecule has 0 amide bonds. The van der Waals surface area contributed by atoms with E-state index in [-0.39, 0.29) is 0 Å². The van der Waals surface area contributed by atoms with Gasteiger partial charge in [0.15, 0.2) is 5.58 Å². The fraction of sp³-hybridized carbons (Fsp3) is 0. The summed E-state index contributed by atoms with van der Waals surface area (Å²) in [7, 11) is 0. The molecule has 4 aromatic heterocycles. The van der Waals surface area contributed by atoms with Gasteiger partial charge >= 0.3 is 0 Å². The van der Waals surface area contributed by atoms with E-state index in [0.717, 1.165) is 66.5 Å². The van der Waals surface area contributed by atoms with Gasteiger partial charge in [0.2, 0.25) is 0 Å². The van der Waals surface area contributed by atoms with Crippen LogP contribution in [0.5, 0.6) is 0 Å². The lowest BCUT2D eigenvalue weighted by Crippen LogP contribution is -2.11. The van der Waals surface area contributed by atoms with Crippen LogP contribution in [0.15, 0.2) is 124 Å². The van der Waals surface area contributed by atoms with Crippen LogP contribution < -0.4 is 4.90 Å². The van der Waals surface area contributed by atoms with Crippen molar-refractivity contribution in [3.8, 4) is 0 Å².